The predicted molar refractivity (Wildman–Crippen MR) is 123 cm³/mol. The van der Waals surface area contributed by atoms with Crippen molar-refractivity contribution in [3.8, 4) is 5.75 Å². The van der Waals surface area contributed by atoms with E-state index in [1.807, 2.05) is 50.2 Å². The normalized spacial score (nSPS) is 15.5. The fraction of sp³-hybridized carbons (Fsp3) is 0.125. The van der Waals surface area contributed by atoms with Crippen molar-refractivity contribution < 1.29 is 19.1 Å². The third kappa shape index (κ3) is 3.84. The SMILES string of the molecule is CCOc1ccc2ccccc2c1C=C1C(=O)NC(=O)N(c2ccc(Br)c(C)c2)C1=O. The fourth-order valence-corrected chi connectivity index (χ4v) is 3.76. The second-order valence-corrected chi connectivity index (χ2v) is 7.88. The Morgan fingerprint density at radius 1 is 1.06 bits per heavy atom. The quantitative estimate of drug-likeness (QED) is 0.423. The highest BCUT2D eigenvalue weighted by atomic mass is 79.9. The number of ether oxygens (including phenoxy) is 1. The number of nitrogens with zero attached hydrogens (tertiary/aromatic N) is 1. The molecule has 4 amide bonds. The highest BCUT2D eigenvalue weighted by molar-refractivity contribution is 9.10. The van der Waals surface area contributed by atoms with Gasteiger partial charge >= 0.3 is 6.03 Å². The van der Waals surface area contributed by atoms with Crippen molar-refractivity contribution in [1.29, 1.82) is 0 Å². The van der Waals surface area contributed by atoms with Crippen molar-refractivity contribution in [3.63, 3.8) is 0 Å². The molecule has 156 valence electrons. The second kappa shape index (κ2) is 8.35. The molecule has 0 spiro atoms. The number of benzene rings is 3. The number of barbiturate groups is 1. The van der Waals surface area contributed by atoms with Gasteiger partial charge in [0.05, 0.1) is 12.3 Å². The van der Waals surface area contributed by atoms with E-state index in [0.717, 1.165) is 25.7 Å². The van der Waals surface area contributed by atoms with Gasteiger partial charge in [0.15, 0.2) is 0 Å². The van der Waals surface area contributed by atoms with Crippen LogP contribution in [-0.2, 0) is 9.59 Å². The molecule has 3 aromatic carbocycles. The van der Waals surface area contributed by atoms with Gasteiger partial charge in [-0.15, -0.1) is 0 Å². The summed E-state index contributed by atoms with van der Waals surface area (Å²) < 4.78 is 6.60. The molecule has 0 aliphatic carbocycles. The summed E-state index contributed by atoms with van der Waals surface area (Å²) in [6.45, 7) is 4.14. The third-order valence-corrected chi connectivity index (χ3v) is 5.91. The first-order valence-corrected chi connectivity index (χ1v) is 10.5. The van der Waals surface area contributed by atoms with Crippen molar-refractivity contribution in [2.45, 2.75) is 13.8 Å². The summed E-state index contributed by atoms with van der Waals surface area (Å²) in [4.78, 5) is 39.4. The van der Waals surface area contributed by atoms with Crippen molar-refractivity contribution in [3.05, 3.63) is 75.8 Å². The molecule has 0 radical (unpaired) electrons. The zero-order valence-corrected chi connectivity index (χ0v) is 18.5. The summed E-state index contributed by atoms with van der Waals surface area (Å²) >= 11 is 3.41. The Hall–Kier alpha value is -3.45. The number of amides is 4. The maximum atomic E-state index is 13.3. The van der Waals surface area contributed by atoms with Crippen LogP contribution in [0.4, 0.5) is 10.5 Å². The van der Waals surface area contributed by atoms with Crippen LogP contribution in [0.3, 0.4) is 0 Å². The molecule has 0 unspecified atom stereocenters. The summed E-state index contributed by atoms with van der Waals surface area (Å²) in [6.07, 6.45) is 1.50. The summed E-state index contributed by atoms with van der Waals surface area (Å²) in [6, 6.07) is 15.7. The van der Waals surface area contributed by atoms with Gasteiger partial charge in [0.25, 0.3) is 11.8 Å². The molecule has 3 aromatic rings. The lowest BCUT2D eigenvalue weighted by Crippen LogP contribution is -2.54. The number of hydrogen-bond acceptors (Lipinski definition) is 4. The smallest absolute Gasteiger partial charge is 0.335 e. The number of rotatable bonds is 4. The average molecular weight is 479 g/mol. The first kappa shape index (κ1) is 20.8. The van der Waals surface area contributed by atoms with Gasteiger partial charge in [0.2, 0.25) is 0 Å². The molecule has 0 saturated carbocycles. The van der Waals surface area contributed by atoms with E-state index in [4.69, 9.17) is 4.74 Å². The number of imide groups is 2. The van der Waals surface area contributed by atoms with Crippen LogP contribution in [0, 0.1) is 6.92 Å². The molecule has 0 bridgehead atoms. The molecule has 1 heterocycles. The van der Waals surface area contributed by atoms with E-state index < -0.39 is 17.8 Å². The first-order chi connectivity index (χ1) is 14.9. The van der Waals surface area contributed by atoms with Crippen LogP contribution in [-0.4, -0.2) is 24.5 Å². The molecule has 1 aliphatic rings. The summed E-state index contributed by atoms with van der Waals surface area (Å²) in [5.41, 5.74) is 1.70. The highest BCUT2D eigenvalue weighted by Gasteiger charge is 2.37. The van der Waals surface area contributed by atoms with Crippen molar-refractivity contribution >= 4 is 56.3 Å². The topological polar surface area (TPSA) is 75.7 Å². The molecule has 1 N–H and O–H groups in total. The van der Waals surface area contributed by atoms with Crippen LogP contribution >= 0.6 is 15.9 Å². The standard InChI is InChI=1S/C24H19BrN2O4/c1-3-31-21-11-8-15-6-4-5-7-17(15)18(21)13-19-22(28)26-24(30)27(23(19)29)16-9-10-20(25)14(2)12-16/h4-13H,3H2,1-2H3,(H,26,28,30). The number of anilines is 1. The summed E-state index contributed by atoms with van der Waals surface area (Å²) in [5, 5.41) is 4.05. The van der Waals surface area contributed by atoms with Gasteiger partial charge in [0.1, 0.15) is 11.3 Å². The van der Waals surface area contributed by atoms with E-state index in [1.54, 1.807) is 18.2 Å². The molecular weight excluding hydrogens is 460 g/mol. The number of nitrogens with one attached hydrogen (secondary N) is 1. The molecule has 31 heavy (non-hydrogen) atoms. The summed E-state index contributed by atoms with van der Waals surface area (Å²) in [7, 11) is 0. The Kier molecular flexibility index (Phi) is 5.61. The first-order valence-electron chi connectivity index (χ1n) is 9.73. The Morgan fingerprint density at radius 2 is 1.84 bits per heavy atom. The van der Waals surface area contributed by atoms with Crippen LogP contribution in [0.2, 0.25) is 0 Å². The lowest BCUT2D eigenvalue weighted by Gasteiger charge is -2.27. The second-order valence-electron chi connectivity index (χ2n) is 7.02. The van der Waals surface area contributed by atoms with Crippen molar-refractivity contribution in [2.24, 2.45) is 0 Å². The Morgan fingerprint density at radius 3 is 2.58 bits per heavy atom. The van der Waals surface area contributed by atoms with E-state index in [0.29, 0.717) is 23.6 Å². The molecule has 4 rings (SSSR count). The van der Waals surface area contributed by atoms with Gasteiger partial charge < -0.3 is 4.74 Å². The van der Waals surface area contributed by atoms with Crippen LogP contribution in [0.5, 0.6) is 5.75 Å². The number of aryl methyl sites for hydroxylation is 1. The van der Waals surface area contributed by atoms with Crippen LogP contribution < -0.4 is 15.0 Å². The zero-order valence-electron chi connectivity index (χ0n) is 16.9. The number of urea groups is 1. The Labute approximate surface area is 187 Å². The van der Waals surface area contributed by atoms with Gasteiger partial charge in [-0.1, -0.05) is 46.3 Å². The van der Waals surface area contributed by atoms with Gasteiger partial charge in [-0.05, 0) is 60.5 Å². The van der Waals surface area contributed by atoms with Crippen LogP contribution in [0.15, 0.2) is 64.6 Å². The van der Waals surface area contributed by atoms with Crippen molar-refractivity contribution in [1.82, 2.24) is 5.32 Å². The van der Waals surface area contributed by atoms with Gasteiger partial charge in [-0.3, -0.25) is 14.9 Å². The molecule has 0 atom stereocenters. The number of carbonyl (C=O) groups excluding carboxylic acids is 3. The van der Waals surface area contributed by atoms with E-state index in [9.17, 15) is 14.4 Å². The highest BCUT2D eigenvalue weighted by Crippen LogP contribution is 2.32. The van der Waals surface area contributed by atoms with E-state index in [1.165, 1.54) is 6.08 Å². The Balaban J connectivity index is 1.86. The van der Waals surface area contributed by atoms with E-state index >= 15 is 0 Å². The monoisotopic (exact) mass is 478 g/mol. The zero-order chi connectivity index (χ0) is 22.1. The number of fused-ring (bicyclic) bond motifs is 1. The van der Waals surface area contributed by atoms with E-state index in [-0.39, 0.29) is 5.57 Å². The van der Waals surface area contributed by atoms with Crippen LogP contribution in [0.1, 0.15) is 18.1 Å². The largest absolute Gasteiger partial charge is 0.493 e. The molecule has 7 heteroatoms. The molecule has 0 aromatic heterocycles. The maximum absolute atomic E-state index is 13.3. The lowest BCUT2D eigenvalue weighted by molar-refractivity contribution is -0.122. The fourth-order valence-electron chi connectivity index (χ4n) is 3.51. The number of hydrogen-bond donors (Lipinski definition) is 1. The minimum absolute atomic E-state index is 0.141. The molecule has 1 fully saturated rings. The van der Waals surface area contributed by atoms with Gasteiger partial charge in [-0.25, -0.2) is 9.69 Å². The van der Waals surface area contributed by atoms with Gasteiger partial charge in [-0.2, -0.15) is 0 Å². The summed E-state index contributed by atoms with van der Waals surface area (Å²) in [5.74, 6) is -0.876. The predicted octanol–water partition coefficient (Wildman–Crippen LogP) is 4.98. The third-order valence-electron chi connectivity index (χ3n) is 5.02. The van der Waals surface area contributed by atoms with E-state index in [2.05, 4.69) is 21.2 Å². The lowest BCUT2D eigenvalue weighted by atomic mass is 9.99. The maximum Gasteiger partial charge on any atom is 0.335 e. The number of carbonyl (C=O) groups is 3. The number of halogens is 1. The Bertz CT molecular complexity index is 1270. The molecule has 1 saturated heterocycles. The minimum Gasteiger partial charge on any atom is -0.493 e. The minimum atomic E-state index is -0.781. The molecule has 1 aliphatic heterocycles. The van der Waals surface area contributed by atoms with Crippen molar-refractivity contribution in [2.75, 3.05) is 11.5 Å². The molecule has 6 nitrogen and oxygen atoms in total. The molecular formula is C24H19BrN2O4. The average Bonchev–Trinajstić information content (AvgIpc) is 2.74. The van der Waals surface area contributed by atoms with Gasteiger partial charge in [0, 0.05) is 10.0 Å². The van der Waals surface area contributed by atoms with Crippen LogP contribution in [0.25, 0.3) is 16.8 Å².